The van der Waals surface area contributed by atoms with Crippen LogP contribution in [0.3, 0.4) is 0 Å². The Balaban J connectivity index is 2.17. The first kappa shape index (κ1) is 13.1. The normalized spacial score (nSPS) is 10.5. The fourth-order valence-corrected chi connectivity index (χ4v) is 2.05. The van der Waals surface area contributed by atoms with E-state index in [0.717, 1.165) is 5.56 Å². The van der Waals surface area contributed by atoms with E-state index in [9.17, 15) is 9.59 Å². The van der Waals surface area contributed by atoms with Gasteiger partial charge in [-0.1, -0.05) is 18.2 Å². The van der Waals surface area contributed by atoms with Crippen LogP contribution < -0.4 is 10.3 Å². The summed E-state index contributed by atoms with van der Waals surface area (Å²) in [4.78, 5) is 27.7. The predicted molar refractivity (Wildman–Crippen MR) is 78.1 cm³/mol. The summed E-state index contributed by atoms with van der Waals surface area (Å²) in [5, 5.41) is 0. The van der Waals surface area contributed by atoms with E-state index in [-0.39, 0.29) is 11.4 Å². The Kier molecular flexibility index (Phi) is 3.23. The summed E-state index contributed by atoms with van der Waals surface area (Å²) in [6.45, 7) is 1.93. The third kappa shape index (κ3) is 2.41. The first-order valence-electron chi connectivity index (χ1n) is 6.40. The van der Waals surface area contributed by atoms with Gasteiger partial charge in [0, 0.05) is 6.20 Å². The number of pyridine rings is 1. The Hall–Kier alpha value is -2.95. The van der Waals surface area contributed by atoms with E-state index < -0.39 is 5.56 Å². The van der Waals surface area contributed by atoms with E-state index >= 15 is 0 Å². The molecular weight excluding hydrogens is 268 g/mol. The van der Waals surface area contributed by atoms with Crippen LogP contribution in [0, 0.1) is 6.92 Å². The van der Waals surface area contributed by atoms with Crippen molar-refractivity contribution in [1.82, 2.24) is 9.38 Å². The molecule has 0 aliphatic carbocycles. The first-order valence-corrected chi connectivity index (χ1v) is 6.40. The highest BCUT2D eigenvalue weighted by atomic mass is 16.5. The number of rotatable bonds is 3. The summed E-state index contributed by atoms with van der Waals surface area (Å²) in [5.74, 6) is 0.553. The van der Waals surface area contributed by atoms with Crippen molar-refractivity contribution in [1.29, 1.82) is 0 Å². The molecule has 0 fully saturated rings. The molecule has 3 rings (SSSR count). The van der Waals surface area contributed by atoms with Crippen LogP contribution in [-0.2, 0) is 0 Å². The minimum Gasteiger partial charge on any atom is -0.438 e. The predicted octanol–water partition coefficient (Wildman–Crippen LogP) is 2.61. The van der Waals surface area contributed by atoms with Crippen LogP contribution >= 0.6 is 0 Å². The van der Waals surface area contributed by atoms with Gasteiger partial charge in [-0.05, 0) is 36.8 Å². The molecule has 21 heavy (non-hydrogen) atoms. The molecule has 0 radical (unpaired) electrons. The third-order valence-corrected chi connectivity index (χ3v) is 3.06. The Bertz CT molecular complexity index is 884. The average Bonchev–Trinajstić information content (AvgIpc) is 2.48. The summed E-state index contributed by atoms with van der Waals surface area (Å²) in [5.41, 5.74) is 0.895. The molecule has 2 aromatic heterocycles. The highest BCUT2D eigenvalue weighted by molar-refractivity contribution is 5.78. The third-order valence-electron chi connectivity index (χ3n) is 3.06. The van der Waals surface area contributed by atoms with Crippen LogP contribution in [-0.4, -0.2) is 15.7 Å². The minimum absolute atomic E-state index is 0.0202. The van der Waals surface area contributed by atoms with Crippen molar-refractivity contribution in [2.45, 2.75) is 6.92 Å². The number of aromatic nitrogens is 2. The molecule has 1 aromatic carbocycles. The van der Waals surface area contributed by atoms with Crippen molar-refractivity contribution in [3.8, 4) is 11.6 Å². The van der Waals surface area contributed by atoms with Crippen molar-refractivity contribution >= 4 is 11.9 Å². The van der Waals surface area contributed by atoms with E-state index in [2.05, 4.69) is 4.98 Å². The fraction of sp³-hybridized carbons (Fsp3) is 0.0625. The smallest absolute Gasteiger partial charge is 0.272 e. The monoisotopic (exact) mass is 280 g/mol. The summed E-state index contributed by atoms with van der Waals surface area (Å²) in [6, 6.07) is 12.5. The number of carbonyl (C=O) groups is 1. The lowest BCUT2D eigenvalue weighted by Gasteiger charge is -2.09. The molecule has 0 aliphatic heterocycles. The molecule has 0 N–H and O–H groups in total. The van der Waals surface area contributed by atoms with Gasteiger partial charge in [0.2, 0.25) is 5.88 Å². The first-order chi connectivity index (χ1) is 10.2. The zero-order valence-electron chi connectivity index (χ0n) is 11.3. The number of nitrogens with zero attached hydrogens (tertiary/aromatic N) is 2. The molecule has 0 saturated heterocycles. The minimum atomic E-state index is -0.446. The molecular formula is C16H12N2O3. The number of fused-ring (bicyclic) bond motifs is 1. The standard InChI is InChI=1S/C16H12N2O3/c1-11-5-4-6-12(9-11)21-15-13(10-19)16(20)18-8-3-2-7-14(18)17-15/h2-10H,1H3. The van der Waals surface area contributed by atoms with Gasteiger partial charge in [0.25, 0.3) is 5.56 Å². The molecule has 5 heteroatoms. The topological polar surface area (TPSA) is 60.7 Å². The van der Waals surface area contributed by atoms with Crippen LogP contribution in [0.5, 0.6) is 11.6 Å². The van der Waals surface area contributed by atoms with Gasteiger partial charge in [-0.25, -0.2) is 0 Å². The number of hydrogen-bond donors (Lipinski definition) is 0. The van der Waals surface area contributed by atoms with Crippen molar-refractivity contribution < 1.29 is 9.53 Å². The van der Waals surface area contributed by atoms with Gasteiger partial charge in [-0.15, -0.1) is 0 Å². The van der Waals surface area contributed by atoms with Gasteiger partial charge in [0.15, 0.2) is 6.29 Å². The average molecular weight is 280 g/mol. The molecule has 2 heterocycles. The molecule has 0 aliphatic rings. The molecule has 0 spiro atoms. The number of aryl methyl sites for hydroxylation is 1. The van der Waals surface area contributed by atoms with Gasteiger partial charge >= 0.3 is 0 Å². The van der Waals surface area contributed by atoms with Gasteiger partial charge in [0.1, 0.15) is 17.0 Å². The zero-order valence-corrected chi connectivity index (χ0v) is 11.3. The largest absolute Gasteiger partial charge is 0.438 e. The van der Waals surface area contributed by atoms with Gasteiger partial charge in [-0.3, -0.25) is 14.0 Å². The Labute approximate surface area is 120 Å². The fourth-order valence-electron chi connectivity index (χ4n) is 2.05. The van der Waals surface area contributed by atoms with Gasteiger partial charge in [0.05, 0.1) is 0 Å². The summed E-state index contributed by atoms with van der Waals surface area (Å²) < 4.78 is 6.93. The highest BCUT2D eigenvalue weighted by Crippen LogP contribution is 2.22. The molecule has 104 valence electrons. The molecule has 0 saturated carbocycles. The molecule has 5 nitrogen and oxygen atoms in total. The zero-order chi connectivity index (χ0) is 14.8. The maximum absolute atomic E-state index is 12.2. The van der Waals surface area contributed by atoms with Crippen molar-refractivity contribution in [3.63, 3.8) is 0 Å². The van der Waals surface area contributed by atoms with Crippen LogP contribution in [0.1, 0.15) is 15.9 Å². The second-order valence-electron chi connectivity index (χ2n) is 4.60. The summed E-state index contributed by atoms with van der Waals surface area (Å²) in [7, 11) is 0. The van der Waals surface area contributed by atoms with Crippen LogP contribution in [0.2, 0.25) is 0 Å². The van der Waals surface area contributed by atoms with E-state index in [1.165, 1.54) is 4.40 Å². The quantitative estimate of drug-likeness (QED) is 0.692. The number of ether oxygens (including phenoxy) is 1. The lowest BCUT2D eigenvalue weighted by Crippen LogP contribution is -2.20. The molecule has 3 aromatic rings. The summed E-state index contributed by atoms with van der Waals surface area (Å²) >= 11 is 0. The molecule has 0 bridgehead atoms. The molecule has 0 atom stereocenters. The van der Waals surface area contributed by atoms with Crippen molar-refractivity contribution in [2.24, 2.45) is 0 Å². The maximum Gasteiger partial charge on any atom is 0.272 e. The van der Waals surface area contributed by atoms with Crippen molar-refractivity contribution in [2.75, 3.05) is 0 Å². The number of benzene rings is 1. The number of aldehydes is 1. The second kappa shape index (κ2) is 5.20. The highest BCUT2D eigenvalue weighted by Gasteiger charge is 2.14. The SMILES string of the molecule is Cc1cccc(Oc2nc3ccccn3c(=O)c2C=O)c1. The Morgan fingerprint density at radius 1 is 1.19 bits per heavy atom. The van der Waals surface area contributed by atoms with E-state index in [1.54, 1.807) is 30.5 Å². The van der Waals surface area contributed by atoms with E-state index in [4.69, 9.17) is 4.74 Å². The van der Waals surface area contributed by atoms with Gasteiger partial charge < -0.3 is 4.74 Å². The lowest BCUT2D eigenvalue weighted by atomic mass is 10.2. The molecule has 0 amide bonds. The lowest BCUT2D eigenvalue weighted by molar-refractivity contribution is 0.111. The molecule has 0 unspecified atom stereocenters. The van der Waals surface area contributed by atoms with Crippen molar-refractivity contribution in [3.05, 3.63) is 70.1 Å². The second-order valence-corrected chi connectivity index (χ2v) is 4.60. The van der Waals surface area contributed by atoms with E-state index in [0.29, 0.717) is 17.7 Å². The Morgan fingerprint density at radius 3 is 2.81 bits per heavy atom. The number of hydrogen-bond acceptors (Lipinski definition) is 4. The van der Waals surface area contributed by atoms with Crippen LogP contribution in [0.4, 0.5) is 0 Å². The Morgan fingerprint density at radius 2 is 2.05 bits per heavy atom. The van der Waals surface area contributed by atoms with Crippen LogP contribution in [0.15, 0.2) is 53.5 Å². The van der Waals surface area contributed by atoms with Gasteiger partial charge in [-0.2, -0.15) is 4.98 Å². The number of carbonyl (C=O) groups excluding carboxylic acids is 1. The van der Waals surface area contributed by atoms with E-state index in [1.807, 2.05) is 25.1 Å². The maximum atomic E-state index is 12.2. The van der Waals surface area contributed by atoms with Crippen LogP contribution in [0.25, 0.3) is 5.65 Å². The summed E-state index contributed by atoms with van der Waals surface area (Å²) in [6.07, 6.45) is 2.04.